The molecule has 0 saturated heterocycles. The fourth-order valence-electron chi connectivity index (χ4n) is 2.77. The number of fused-ring (bicyclic) bond motifs is 1. The Morgan fingerprint density at radius 1 is 1.21 bits per heavy atom. The van der Waals surface area contributed by atoms with E-state index in [1.807, 2.05) is 13.0 Å². The minimum Gasteiger partial charge on any atom is -0.349 e. The maximum absolute atomic E-state index is 13.6. The molecule has 0 aliphatic carbocycles. The molecule has 1 N–H and O–H groups in total. The summed E-state index contributed by atoms with van der Waals surface area (Å²) in [6.45, 7) is 3.01. The highest BCUT2D eigenvalue weighted by Crippen LogP contribution is 2.23. The van der Waals surface area contributed by atoms with Crippen LogP contribution in [0.5, 0.6) is 0 Å². The molecule has 1 aliphatic rings. The average Bonchev–Trinajstić information content (AvgIpc) is 3.00. The number of nitrogens with zero attached hydrogens (tertiary/aromatic N) is 4. The number of halogens is 1. The first kappa shape index (κ1) is 14.5. The predicted molar refractivity (Wildman–Crippen MR) is 85.7 cm³/mol. The van der Waals surface area contributed by atoms with Crippen LogP contribution >= 0.6 is 0 Å². The first-order valence-corrected chi connectivity index (χ1v) is 7.57. The Morgan fingerprint density at radius 3 is 2.88 bits per heavy atom. The molecule has 1 aromatic carbocycles. The molecule has 7 heteroatoms. The molecule has 1 amide bonds. The van der Waals surface area contributed by atoms with Crippen molar-refractivity contribution in [2.24, 2.45) is 0 Å². The van der Waals surface area contributed by atoms with E-state index in [1.165, 1.54) is 12.1 Å². The largest absolute Gasteiger partial charge is 0.349 e. The maximum Gasteiger partial charge on any atom is 0.269 e. The van der Waals surface area contributed by atoms with Gasteiger partial charge in [-0.05, 0) is 42.8 Å². The molecule has 0 radical (unpaired) electrons. The van der Waals surface area contributed by atoms with Gasteiger partial charge in [-0.2, -0.15) is 5.10 Å². The van der Waals surface area contributed by atoms with Crippen molar-refractivity contribution in [2.75, 3.05) is 6.54 Å². The highest BCUT2D eigenvalue weighted by atomic mass is 19.1. The van der Waals surface area contributed by atoms with Gasteiger partial charge in [0.2, 0.25) is 0 Å². The molecule has 24 heavy (non-hydrogen) atoms. The number of aryl methyl sites for hydroxylation is 1. The molecule has 3 aromatic rings. The third-order valence-corrected chi connectivity index (χ3v) is 3.84. The van der Waals surface area contributed by atoms with Crippen LogP contribution in [0.1, 0.15) is 16.1 Å². The quantitative estimate of drug-likeness (QED) is 0.785. The normalized spacial score (nSPS) is 13.5. The summed E-state index contributed by atoms with van der Waals surface area (Å²) in [5.41, 5.74) is 3.11. The van der Waals surface area contributed by atoms with Gasteiger partial charge >= 0.3 is 0 Å². The van der Waals surface area contributed by atoms with E-state index in [0.717, 1.165) is 5.56 Å². The predicted octanol–water partition coefficient (Wildman–Crippen LogP) is 2.20. The third kappa shape index (κ3) is 2.54. The van der Waals surface area contributed by atoms with E-state index in [2.05, 4.69) is 20.4 Å². The molecule has 6 nitrogen and oxygen atoms in total. The Bertz CT molecular complexity index is 930. The van der Waals surface area contributed by atoms with Crippen molar-refractivity contribution >= 4 is 5.91 Å². The van der Waals surface area contributed by atoms with Crippen molar-refractivity contribution in [1.29, 1.82) is 0 Å². The van der Waals surface area contributed by atoms with Crippen LogP contribution in [-0.2, 0) is 6.54 Å². The molecular weight excluding hydrogens is 309 g/mol. The highest BCUT2D eigenvalue weighted by Gasteiger charge is 2.20. The lowest BCUT2D eigenvalue weighted by Gasteiger charge is -2.13. The van der Waals surface area contributed by atoms with Crippen LogP contribution in [-0.4, -0.2) is 32.2 Å². The van der Waals surface area contributed by atoms with Gasteiger partial charge < -0.3 is 5.32 Å². The summed E-state index contributed by atoms with van der Waals surface area (Å²) in [5, 5.41) is 7.21. The number of aromatic nitrogens is 4. The van der Waals surface area contributed by atoms with E-state index in [-0.39, 0.29) is 11.7 Å². The third-order valence-electron chi connectivity index (χ3n) is 3.84. The molecular formula is C17H14FN5O. The summed E-state index contributed by atoms with van der Waals surface area (Å²) in [4.78, 5) is 20.5. The Labute approximate surface area is 137 Å². The van der Waals surface area contributed by atoms with Crippen molar-refractivity contribution in [3.63, 3.8) is 0 Å². The molecule has 3 heterocycles. The smallest absolute Gasteiger partial charge is 0.269 e. The minimum absolute atomic E-state index is 0.143. The van der Waals surface area contributed by atoms with Gasteiger partial charge in [0, 0.05) is 18.3 Å². The van der Waals surface area contributed by atoms with Gasteiger partial charge in [-0.15, -0.1) is 0 Å². The standard InChI is InChI=1S/C17H14FN5O/c1-10-6-11(8-12(18)7-10)16-19-3-2-13(21-16)14-9-15-17(24)20-4-5-23(15)22-14/h2-3,6-9H,4-5H2,1H3,(H,20,24). The Hall–Kier alpha value is -3.09. The van der Waals surface area contributed by atoms with Crippen LogP contribution in [0.3, 0.4) is 0 Å². The fourth-order valence-corrected chi connectivity index (χ4v) is 2.77. The highest BCUT2D eigenvalue weighted by molar-refractivity contribution is 5.94. The topological polar surface area (TPSA) is 72.7 Å². The summed E-state index contributed by atoms with van der Waals surface area (Å²) >= 11 is 0. The summed E-state index contributed by atoms with van der Waals surface area (Å²) in [6.07, 6.45) is 1.61. The van der Waals surface area contributed by atoms with Gasteiger partial charge in [0.15, 0.2) is 5.82 Å². The summed E-state index contributed by atoms with van der Waals surface area (Å²) in [5.74, 6) is -0.0475. The van der Waals surface area contributed by atoms with E-state index < -0.39 is 0 Å². The van der Waals surface area contributed by atoms with E-state index in [0.29, 0.717) is 41.6 Å². The zero-order valence-corrected chi connectivity index (χ0v) is 13.0. The van der Waals surface area contributed by atoms with Crippen LogP contribution in [0.15, 0.2) is 36.5 Å². The lowest BCUT2D eigenvalue weighted by molar-refractivity contribution is 0.0924. The van der Waals surface area contributed by atoms with Gasteiger partial charge in [-0.1, -0.05) is 0 Å². The number of hydrogen-bond donors (Lipinski definition) is 1. The van der Waals surface area contributed by atoms with Gasteiger partial charge in [-0.25, -0.2) is 14.4 Å². The molecule has 1 aliphatic heterocycles. The molecule has 2 aromatic heterocycles. The first-order chi connectivity index (χ1) is 11.6. The van der Waals surface area contributed by atoms with Crippen molar-refractivity contribution in [2.45, 2.75) is 13.5 Å². The van der Waals surface area contributed by atoms with Gasteiger partial charge in [-0.3, -0.25) is 9.48 Å². The molecule has 0 saturated carbocycles. The number of rotatable bonds is 2. The SMILES string of the molecule is Cc1cc(F)cc(-c2nccc(-c3cc4n(n3)CCNC4=O)n2)c1. The molecule has 4 rings (SSSR count). The zero-order chi connectivity index (χ0) is 16.7. The molecule has 120 valence electrons. The second kappa shape index (κ2) is 5.52. The lowest BCUT2D eigenvalue weighted by atomic mass is 10.1. The fraction of sp³-hybridized carbons (Fsp3) is 0.176. The van der Waals surface area contributed by atoms with Crippen LogP contribution in [0, 0.1) is 12.7 Å². The van der Waals surface area contributed by atoms with E-state index in [1.54, 1.807) is 23.0 Å². The van der Waals surface area contributed by atoms with Crippen molar-refractivity contribution in [3.8, 4) is 22.8 Å². The van der Waals surface area contributed by atoms with E-state index in [4.69, 9.17) is 0 Å². The summed E-state index contributed by atoms with van der Waals surface area (Å²) in [6, 6.07) is 8.11. The molecule has 0 unspecified atom stereocenters. The van der Waals surface area contributed by atoms with Gasteiger partial charge in [0.25, 0.3) is 5.91 Å². The van der Waals surface area contributed by atoms with Gasteiger partial charge in [0.1, 0.15) is 17.2 Å². The molecule has 0 atom stereocenters. The molecule has 0 fully saturated rings. The maximum atomic E-state index is 13.6. The molecule has 0 bridgehead atoms. The Morgan fingerprint density at radius 2 is 2.08 bits per heavy atom. The van der Waals surface area contributed by atoms with Crippen LogP contribution in [0.2, 0.25) is 0 Å². The van der Waals surface area contributed by atoms with E-state index >= 15 is 0 Å². The van der Waals surface area contributed by atoms with Crippen LogP contribution < -0.4 is 5.32 Å². The number of benzene rings is 1. The number of amides is 1. The number of hydrogen-bond acceptors (Lipinski definition) is 4. The Balaban J connectivity index is 1.77. The van der Waals surface area contributed by atoms with Crippen molar-refractivity contribution < 1.29 is 9.18 Å². The summed E-state index contributed by atoms with van der Waals surface area (Å²) < 4.78 is 15.3. The minimum atomic E-state index is -0.326. The number of nitrogens with one attached hydrogen (secondary N) is 1. The van der Waals surface area contributed by atoms with Crippen LogP contribution in [0.4, 0.5) is 4.39 Å². The number of carbonyl (C=O) groups excluding carboxylic acids is 1. The zero-order valence-electron chi connectivity index (χ0n) is 13.0. The number of carbonyl (C=O) groups is 1. The summed E-state index contributed by atoms with van der Waals surface area (Å²) in [7, 11) is 0. The second-order valence-corrected chi connectivity index (χ2v) is 5.68. The van der Waals surface area contributed by atoms with E-state index in [9.17, 15) is 9.18 Å². The molecule has 0 spiro atoms. The van der Waals surface area contributed by atoms with Crippen LogP contribution in [0.25, 0.3) is 22.8 Å². The Kier molecular flexibility index (Phi) is 3.34. The monoisotopic (exact) mass is 323 g/mol. The van der Waals surface area contributed by atoms with Crippen molar-refractivity contribution in [1.82, 2.24) is 25.1 Å². The lowest BCUT2D eigenvalue weighted by Crippen LogP contribution is -2.35. The average molecular weight is 323 g/mol. The second-order valence-electron chi connectivity index (χ2n) is 5.68. The van der Waals surface area contributed by atoms with Crippen molar-refractivity contribution in [3.05, 3.63) is 53.6 Å². The first-order valence-electron chi connectivity index (χ1n) is 7.57. The van der Waals surface area contributed by atoms with Gasteiger partial charge in [0.05, 0.1) is 12.2 Å².